The van der Waals surface area contributed by atoms with Crippen LogP contribution in [0.1, 0.15) is 37.0 Å². The topological polar surface area (TPSA) is 84.7 Å². The number of morpholine rings is 1. The summed E-state index contributed by atoms with van der Waals surface area (Å²) in [4.78, 5) is 25.5. The minimum absolute atomic E-state index is 0.0321. The van der Waals surface area contributed by atoms with Gasteiger partial charge in [0, 0.05) is 36.8 Å². The first kappa shape index (κ1) is 20.6. The normalized spacial score (nSPS) is 16.5. The molecule has 0 bridgehead atoms. The van der Waals surface area contributed by atoms with Crippen molar-refractivity contribution < 1.29 is 14.5 Å². The largest absolute Gasteiger partial charge is 0.379 e. The van der Waals surface area contributed by atoms with Crippen molar-refractivity contribution in [3.8, 4) is 0 Å². The quantitative estimate of drug-likeness (QED) is 0.550. The molecule has 1 saturated heterocycles. The Labute approximate surface area is 158 Å². The number of halogens is 1. The Bertz CT molecular complexity index is 631. The number of ether oxygens (including phenoxy) is 1. The Balaban J connectivity index is 2.12. The molecule has 1 fully saturated rings. The Morgan fingerprint density at radius 2 is 2.00 bits per heavy atom. The predicted octanol–water partition coefficient (Wildman–Crippen LogP) is 3.12. The van der Waals surface area contributed by atoms with E-state index in [-0.39, 0.29) is 22.3 Å². The van der Waals surface area contributed by atoms with Gasteiger partial charge in [0.15, 0.2) is 0 Å². The van der Waals surface area contributed by atoms with Crippen LogP contribution in [0.4, 0.5) is 5.69 Å². The predicted molar refractivity (Wildman–Crippen MR) is 101 cm³/mol. The van der Waals surface area contributed by atoms with Gasteiger partial charge in [-0.1, -0.05) is 38.3 Å². The number of hydrogen-bond acceptors (Lipinski definition) is 5. The van der Waals surface area contributed by atoms with Crippen LogP contribution in [0.2, 0.25) is 5.02 Å². The SMILES string of the molecule is CCC(CC)C(CNC(=O)c1ccc(Cl)cc1[N+](=O)[O-])N1CCOCC1. The summed E-state index contributed by atoms with van der Waals surface area (Å²) in [5.41, 5.74) is -0.245. The molecule has 1 atom stereocenters. The second-order valence-corrected chi connectivity index (χ2v) is 6.86. The summed E-state index contributed by atoms with van der Waals surface area (Å²) in [7, 11) is 0. The lowest BCUT2D eigenvalue weighted by Gasteiger charge is -2.38. The molecule has 1 unspecified atom stereocenters. The molecule has 1 aromatic rings. The highest BCUT2D eigenvalue weighted by atomic mass is 35.5. The van der Waals surface area contributed by atoms with Gasteiger partial charge >= 0.3 is 0 Å². The maximum absolute atomic E-state index is 12.6. The van der Waals surface area contributed by atoms with Crippen LogP contribution in [-0.4, -0.2) is 54.6 Å². The third-order valence-electron chi connectivity index (χ3n) is 4.98. The Morgan fingerprint density at radius 3 is 2.58 bits per heavy atom. The van der Waals surface area contributed by atoms with E-state index in [0.717, 1.165) is 25.9 Å². The summed E-state index contributed by atoms with van der Waals surface area (Å²) < 4.78 is 5.43. The lowest BCUT2D eigenvalue weighted by Crippen LogP contribution is -2.52. The van der Waals surface area contributed by atoms with Crippen molar-refractivity contribution in [3.63, 3.8) is 0 Å². The van der Waals surface area contributed by atoms with Gasteiger partial charge in [-0.25, -0.2) is 0 Å². The minimum Gasteiger partial charge on any atom is -0.379 e. The van der Waals surface area contributed by atoms with E-state index in [0.29, 0.717) is 25.7 Å². The number of carbonyl (C=O) groups is 1. The molecule has 0 radical (unpaired) electrons. The number of nitrogens with zero attached hydrogens (tertiary/aromatic N) is 2. The van der Waals surface area contributed by atoms with Crippen molar-refractivity contribution >= 4 is 23.2 Å². The van der Waals surface area contributed by atoms with Crippen molar-refractivity contribution in [2.24, 2.45) is 5.92 Å². The van der Waals surface area contributed by atoms with Crippen molar-refractivity contribution in [3.05, 3.63) is 38.9 Å². The van der Waals surface area contributed by atoms with Crippen molar-refractivity contribution in [1.29, 1.82) is 0 Å². The highest BCUT2D eigenvalue weighted by Crippen LogP contribution is 2.24. The first-order valence-corrected chi connectivity index (χ1v) is 9.39. The van der Waals surface area contributed by atoms with Crippen LogP contribution in [0.15, 0.2) is 18.2 Å². The zero-order valence-electron chi connectivity index (χ0n) is 15.2. The van der Waals surface area contributed by atoms with Crippen molar-refractivity contribution in [2.45, 2.75) is 32.7 Å². The van der Waals surface area contributed by atoms with Crippen LogP contribution in [0.3, 0.4) is 0 Å². The lowest BCUT2D eigenvalue weighted by atomic mass is 9.92. The molecule has 0 spiro atoms. The number of carbonyl (C=O) groups excluding carboxylic acids is 1. The van der Waals surface area contributed by atoms with Gasteiger partial charge < -0.3 is 10.1 Å². The molecule has 1 N–H and O–H groups in total. The molecule has 26 heavy (non-hydrogen) atoms. The molecule has 1 aromatic carbocycles. The number of nitrogens with one attached hydrogen (secondary N) is 1. The van der Waals surface area contributed by atoms with E-state index in [1.807, 2.05) is 0 Å². The van der Waals surface area contributed by atoms with Gasteiger partial charge in [-0.2, -0.15) is 0 Å². The lowest BCUT2D eigenvalue weighted by molar-refractivity contribution is -0.385. The van der Waals surface area contributed by atoms with Gasteiger partial charge in [0.25, 0.3) is 11.6 Å². The summed E-state index contributed by atoms with van der Waals surface area (Å²) in [6.45, 7) is 7.78. The zero-order chi connectivity index (χ0) is 19.1. The summed E-state index contributed by atoms with van der Waals surface area (Å²) >= 11 is 5.82. The monoisotopic (exact) mass is 383 g/mol. The molecule has 0 aromatic heterocycles. The Kier molecular flexibility index (Phi) is 7.81. The molecule has 144 valence electrons. The van der Waals surface area contributed by atoms with Crippen molar-refractivity contribution in [1.82, 2.24) is 10.2 Å². The highest BCUT2D eigenvalue weighted by Gasteiger charge is 2.28. The third kappa shape index (κ3) is 5.16. The third-order valence-corrected chi connectivity index (χ3v) is 5.22. The first-order valence-electron chi connectivity index (χ1n) is 9.01. The van der Waals surface area contributed by atoms with E-state index in [9.17, 15) is 14.9 Å². The summed E-state index contributed by atoms with van der Waals surface area (Å²) in [6.07, 6.45) is 2.02. The Morgan fingerprint density at radius 1 is 1.35 bits per heavy atom. The second kappa shape index (κ2) is 9.85. The molecule has 0 saturated carbocycles. The number of hydrogen-bond donors (Lipinski definition) is 1. The summed E-state index contributed by atoms with van der Waals surface area (Å²) in [6, 6.07) is 4.28. The van der Waals surface area contributed by atoms with Crippen molar-refractivity contribution in [2.75, 3.05) is 32.8 Å². The molecule has 2 rings (SSSR count). The fourth-order valence-corrected chi connectivity index (χ4v) is 3.64. The maximum atomic E-state index is 12.6. The van der Waals surface area contributed by atoms with Crippen LogP contribution in [0.5, 0.6) is 0 Å². The van der Waals surface area contributed by atoms with Crippen LogP contribution < -0.4 is 5.32 Å². The van der Waals surface area contributed by atoms with Gasteiger partial charge in [0.2, 0.25) is 0 Å². The number of benzene rings is 1. The average molecular weight is 384 g/mol. The molecular formula is C18H26ClN3O4. The van der Waals surface area contributed by atoms with Gasteiger partial charge in [-0.15, -0.1) is 0 Å². The van der Waals surface area contributed by atoms with Crippen LogP contribution >= 0.6 is 11.6 Å². The number of nitro benzene ring substituents is 1. The summed E-state index contributed by atoms with van der Waals surface area (Å²) in [5.74, 6) is -0.00816. The van der Waals surface area contributed by atoms with Crippen LogP contribution in [-0.2, 0) is 4.74 Å². The van der Waals surface area contributed by atoms with Gasteiger partial charge in [0.05, 0.1) is 18.1 Å². The van der Waals surface area contributed by atoms with Crippen LogP contribution in [0, 0.1) is 16.0 Å². The number of rotatable bonds is 8. The minimum atomic E-state index is -0.582. The smallest absolute Gasteiger partial charge is 0.283 e. The fraction of sp³-hybridized carbons (Fsp3) is 0.611. The van der Waals surface area contributed by atoms with E-state index >= 15 is 0 Å². The van der Waals surface area contributed by atoms with E-state index in [1.165, 1.54) is 18.2 Å². The standard InChI is InChI=1S/C18H26ClN3O4/c1-3-13(4-2)17(21-7-9-26-10-8-21)12-20-18(23)15-6-5-14(19)11-16(15)22(24)25/h5-6,11,13,17H,3-4,7-10,12H2,1-2H3,(H,20,23). The molecule has 7 nitrogen and oxygen atoms in total. The van der Waals surface area contributed by atoms with Gasteiger partial charge in [-0.3, -0.25) is 19.8 Å². The van der Waals surface area contributed by atoms with E-state index in [1.54, 1.807) is 0 Å². The zero-order valence-corrected chi connectivity index (χ0v) is 16.0. The van der Waals surface area contributed by atoms with Crippen LogP contribution in [0.25, 0.3) is 0 Å². The summed E-state index contributed by atoms with van der Waals surface area (Å²) in [5, 5.41) is 14.3. The van der Waals surface area contributed by atoms with Gasteiger partial charge in [-0.05, 0) is 18.1 Å². The van der Waals surface area contributed by atoms with Gasteiger partial charge in [0.1, 0.15) is 5.56 Å². The highest BCUT2D eigenvalue weighted by molar-refractivity contribution is 6.31. The number of amides is 1. The molecule has 1 aliphatic rings. The second-order valence-electron chi connectivity index (χ2n) is 6.42. The number of nitro groups is 1. The fourth-order valence-electron chi connectivity index (χ4n) is 3.48. The molecular weight excluding hydrogens is 358 g/mol. The van der Waals surface area contributed by atoms with E-state index < -0.39 is 10.8 Å². The maximum Gasteiger partial charge on any atom is 0.283 e. The molecule has 1 heterocycles. The Hall–Kier alpha value is -1.70. The molecule has 1 amide bonds. The first-order chi connectivity index (χ1) is 12.5. The molecule has 0 aliphatic carbocycles. The van der Waals surface area contributed by atoms with E-state index in [4.69, 9.17) is 16.3 Å². The molecule has 8 heteroatoms. The molecule has 1 aliphatic heterocycles. The van der Waals surface area contributed by atoms with E-state index in [2.05, 4.69) is 24.1 Å². The average Bonchev–Trinajstić information content (AvgIpc) is 2.65.